The third kappa shape index (κ3) is 3.27. The van der Waals surface area contributed by atoms with E-state index in [2.05, 4.69) is 10.2 Å². The first-order chi connectivity index (χ1) is 9.13. The third-order valence-electron chi connectivity index (χ3n) is 4.45. The Bertz CT molecular complexity index is 320. The molecule has 2 saturated carbocycles. The summed E-state index contributed by atoms with van der Waals surface area (Å²) in [5, 5.41) is 12.7. The van der Waals surface area contributed by atoms with Crippen molar-refractivity contribution >= 4 is 5.97 Å². The topological polar surface area (TPSA) is 61.8 Å². The molecule has 0 aromatic rings. The molecule has 2 fully saturated rings. The van der Waals surface area contributed by atoms with Crippen LogP contribution in [0.1, 0.15) is 39.0 Å². The van der Waals surface area contributed by atoms with Gasteiger partial charge in [-0.15, -0.1) is 0 Å². The number of methoxy groups -OCH3 is 1. The summed E-state index contributed by atoms with van der Waals surface area (Å²) < 4.78 is 5.18. The van der Waals surface area contributed by atoms with Crippen molar-refractivity contribution in [1.82, 2.24) is 10.2 Å². The van der Waals surface area contributed by atoms with Crippen LogP contribution in [0, 0.1) is 0 Å². The molecule has 2 atom stereocenters. The molecule has 5 nitrogen and oxygen atoms in total. The number of nitrogens with zero attached hydrogens (tertiary/aromatic N) is 1. The minimum atomic E-state index is -0.709. The van der Waals surface area contributed by atoms with E-state index in [4.69, 9.17) is 4.74 Å². The summed E-state index contributed by atoms with van der Waals surface area (Å²) in [6, 6.07) is 1.05. The van der Waals surface area contributed by atoms with Crippen LogP contribution in [0.2, 0.25) is 0 Å². The van der Waals surface area contributed by atoms with E-state index in [1.807, 2.05) is 6.92 Å². The molecule has 2 unspecified atom stereocenters. The lowest BCUT2D eigenvalue weighted by Crippen LogP contribution is -2.51. The van der Waals surface area contributed by atoms with Gasteiger partial charge < -0.3 is 15.2 Å². The van der Waals surface area contributed by atoms with Gasteiger partial charge in [0.05, 0.1) is 6.61 Å². The van der Waals surface area contributed by atoms with Gasteiger partial charge in [0.1, 0.15) is 5.54 Å². The molecule has 0 spiro atoms. The van der Waals surface area contributed by atoms with Gasteiger partial charge in [0.25, 0.3) is 0 Å². The van der Waals surface area contributed by atoms with Gasteiger partial charge in [-0.25, -0.2) is 0 Å². The third-order valence-corrected chi connectivity index (χ3v) is 4.45. The van der Waals surface area contributed by atoms with Crippen molar-refractivity contribution in [1.29, 1.82) is 0 Å². The Labute approximate surface area is 115 Å². The van der Waals surface area contributed by atoms with E-state index in [1.165, 1.54) is 12.8 Å². The molecule has 2 N–H and O–H groups in total. The number of aliphatic carboxylic acids is 1. The first kappa shape index (κ1) is 14.8. The molecule has 0 heterocycles. The van der Waals surface area contributed by atoms with Crippen LogP contribution in [0.25, 0.3) is 0 Å². The number of nitrogens with one attached hydrogen (secondary N) is 1. The van der Waals surface area contributed by atoms with E-state index < -0.39 is 11.5 Å². The smallest absolute Gasteiger partial charge is 0.323 e. The van der Waals surface area contributed by atoms with Crippen LogP contribution in [-0.4, -0.2) is 60.4 Å². The highest BCUT2D eigenvalue weighted by Crippen LogP contribution is 2.38. The van der Waals surface area contributed by atoms with Gasteiger partial charge in [0.15, 0.2) is 0 Å². The van der Waals surface area contributed by atoms with Gasteiger partial charge in [-0.2, -0.15) is 0 Å². The maximum atomic E-state index is 11.6. The molecular weight excluding hydrogens is 244 g/mol. The highest BCUT2D eigenvalue weighted by Gasteiger charge is 2.48. The molecule has 0 saturated heterocycles. The van der Waals surface area contributed by atoms with E-state index in [-0.39, 0.29) is 0 Å². The van der Waals surface area contributed by atoms with Crippen molar-refractivity contribution in [3.8, 4) is 0 Å². The maximum absolute atomic E-state index is 11.6. The van der Waals surface area contributed by atoms with Crippen LogP contribution in [-0.2, 0) is 9.53 Å². The van der Waals surface area contributed by atoms with Crippen LogP contribution >= 0.6 is 0 Å². The van der Waals surface area contributed by atoms with E-state index >= 15 is 0 Å². The van der Waals surface area contributed by atoms with Crippen LogP contribution in [0.15, 0.2) is 0 Å². The average molecular weight is 270 g/mol. The Hall–Kier alpha value is -0.650. The summed E-state index contributed by atoms with van der Waals surface area (Å²) in [4.78, 5) is 14.1. The van der Waals surface area contributed by atoms with Gasteiger partial charge >= 0.3 is 5.97 Å². The van der Waals surface area contributed by atoms with Gasteiger partial charge in [-0.05, 0) is 38.6 Å². The molecule has 2 rings (SSSR count). The molecular formula is C14H26N2O3. The second kappa shape index (κ2) is 6.20. The summed E-state index contributed by atoms with van der Waals surface area (Å²) in [5.41, 5.74) is -0.709. The minimum Gasteiger partial charge on any atom is -0.480 e. The summed E-state index contributed by atoms with van der Waals surface area (Å²) in [6.45, 7) is 4.34. The lowest BCUT2D eigenvalue weighted by atomic mass is 9.97. The summed E-state index contributed by atoms with van der Waals surface area (Å²) in [7, 11) is 1.72. The quantitative estimate of drug-likeness (QED) is 0.691. The zero-order valence-corrected chi connectivity index (χ0v) is 12.0. The predicted octanol–water partition coefficient (Wildman–Crippen LogP) is 1.08. The van der Waals surface area contributed by atoms with Gasteiger partial charge in [-0.3, -0.25) is 9.69 Å². The fourth-order valence-corrected chi connectivity index (χ4v) is 3.34. The first-order valence-electron chi connectivity index (χ1n) is 7.36. The van der Waals surface area contributed by atoms with Gasteiger partial charge in [0, 0.05) is 25.7 Å². The number of carboxylic acid groups (broad SMARTS) is 1. The van der Waals surface area contributed by atoms with Crippen molar-refractivity contribution in [2.24, 2.45) is 0 Å². The van der Waals surface area contributed by atoms with Crippen LogP contribution < -0.4 is 5.32 Å². The van der Waals surface area contributed by atoms with Crippen molar-refractivity contribution in [2.75, 3.05) is 26.8 Å². The SMILES string of the molecule is CCNC1(C(=O)O)CCC(N(CCOC)C2CC2)C1. The van der Waals surface area contributed by atoms with Crippen LogP contribution in [0.5, 0.6) is 0 Å². The highest BCUT2D eigenvalue weighted by molar-refractivity contribution is 5.79. The van der Waals surface area contributed by atoms with Gasteiger partial charge in [-0.1, -0.05) is 6.92 Å². The van der Waals surface area contributed by atoms with Crippen molar-refractivity contribution < 1.29 is 14.6 Å². The lowest BCUT2D eigenvalue weighted by Gasteiger charge is -2.31. The number of hydrogen-bond donors (Lipinski definition) is 2. The minimum absolute atomic E-state index is 0.387. The molecule has 0 aromatic heterocycles. The zero-order valence-electron chi connectivity index (χ0n) is 12.0. The number of ether oxygens (including phenoxy) is 1. The number of hydrogen-bond acceptors (Lipinski definition) is 4. The Morgan fingerprint density at radius 3 is 2.68 bits per heavy atom. The molecule has 110 valence electrons. The molecule has 2 aliphatic rings. The molecule has 2 aliphatic carbocycles. The zero-order chi connectivity index (χ0) is 13.9. The molecule has 0 radical (unpaired) electrons. The maximum Gasteiger partial charge on any atom is 0.323 e. The van der Waals surface area contributed by atoms with Crippen molar-refractivity contribution in [3.63, 3.8) is 0 Å². The molecule has 5 heteroatoms. The highest BCUT2D eigenvalue weighted by atomic mass is 16.5. The molecule has 0 aliphatic heterocycles. The first-order valence-corrected chi connectivity index (χ1v) is 7.36. The Morgan fingerprint density at radius 1 is 1.42 bits per heavy atom. The van der Waals surface area contributed by atoms with Crippen LogP contribution in [0.3, 0.4) is 0 Å². The lowest BCUT2D eigenvalue weighted by molar-refractivity contribution is -0.144. The molecule has 0 bridgehead atoms. The summed E-state index contributed by atoms with van der Waals surface area (Å²) in [5.74, 6) is -0.695. The number of carbonyl (C=O) groups is 1. The largest absolute Gasteiger partial charge is 0.480 e. The fraction of sp³-hybridized carbons (Fsp3) is 0.929. The number of carboxylic acids is 1. The monoisotopic (exact) mass is 270 g/mol. The number of likely N-dealkylation sites (N-methyl/N-ethyl adjacent to an activating group) is 1. The molecule has 19 heavy (non-hydrogen) atoms. The normalized spacial score (nSPS) is 31.0. The summed E-state index contributed by atoms with van der Waals surface area (Å²) >= 11 is 0. The van der Waals surface area contributed by atoms with Crippen molar-refractivity contribution in [2.45, 2.75) is 56.7 Å². The Morgan fingerprint density at radius 2 is 2.16 bits per heavy atom. The predicted molar refractivity (Wildman–Crippen MR) is 73.3 cm³/mol. The average Bonchev–Trinajstić information content (AvgIpc) is 3.12. The Kier molecular flexibility index (Phi) is 4.81. The molecule has 0 aromatic carbocycles. The van der Waals surface area contributed by atoms with E-state index in [9.17, 15) is 9.90 Å². The fourth-order valence-electron chi connectivity index (χ4n) is 3.34. The van der Waals surface area contributed by atoms with Gasteiger partial charge in [0.2, 0.25) is 0 Å². The van der Waals surface area contributed by atoms with E-state index in [1.54, 1.807) is 7.11 Å². The standard InChI is InChI=1S/C14H26N2O3/c1-3-15-14(13(17)18)7-6-12(10-14)16(8-9-19-2)11-4-5-11/h11-12,15H,3-10H2,1-2H3,(H,17,18). The number of rotatable bonds is 8. The van der Waals surface area contributed by atoms with Crippen LogP contribution in [0.4, 0.5) is 0 Å². The summed E-state index contributed by atoms with van der Waals surface area (Å²) in [6.07, 6.45) is 4.93. The van der Waals surface area contributed by atoms with Crippen molar-refractivity contribution in [3.05, 3.63) is 0 Å². The van der Waals surface area contributed by atoms with E-state index in [0.29, 0.717) is 18.6 Å². The Balaban J connectivity index is 1.99. The second-order valence-corrected chi connectivity index (χ2v) is 5.78. The van der Waals surface area contributed by atoms with E-state index in [0.717, 1.165) is 32.4 Å². The molecule has 0 amide bonds. The second-order valence-electron chi connectivity index (χ2n) is 5.78.